The summed E-state index contributed by atoms with van der Waals surface area (Å²) in [5.74, 6) is -1.79. The van der Waals surface area contributed by atoms with Gasteiger partial charge in [0.2, 0.25) is 0 Å². The van der Waals surface area contributed by atoms with Crippen LogP contribution in [-0.4, -0.2) is 20.5 Å². The highest BCUT2D eigenvalue weighted by atomic mass is 19.4. The van der Waals surface area contributed by atoms with Crippen LogP contribution in [0.15, 0.2) is 61.1 Å². The smallest absolute Gasteiger partial charge is 0.292 e. The van der Waals surface area contributed by atoms with E-state index < -0.39 is 23.4 Å². The van der Waals surface area contributed by atoms with Crippen LogP contribution in [0.5, 0.6) is 0 Å². The van der Waals surface area contributed by atoms with E-state index in [9.17, 15) is 23.2 Å². The first kappa shape index (κ1) is 18.3. The normalized spacial score (nSPS) is 12.4. The van der Waals surface area contributed by atoms with Crippen molar-refractivity contribution < 1.29 is 18.0 Å². The van der Waals surface area contributed by atoms with Gasteiger partial charge in [-0.2, -0.15) is 23.5 Å². The highest BCUT2D eigenvalue weighted by molar-refractivity contribution is 6.02. The molecule has 0 saturated heterocycles. The lowest BCUT2D eigenvalue weighted by Gasteiger charge is -2.11. The zero-order valence-electron chi connectivity index (χ0n) is 13.9. The van der Waals surface area contributed by atoms with Crippen LogP contribution in [0.2, 0.25) is 0 Å². The van der Waals surface area contributed by atoms with E-state index in [1.807, 2.05) is 6.07 Å². The molecule has 2 aromatic heterocycles. The van der Waals surface area contributed by atoms with Gasteiger partial charge in [0.25, 0.3) is 0 Å². The Hall–Kier alpha value is -3.47. The number of Topliss-reactive ketones (excluding diaryl/α,β-unsaturated/α-hetero) is 1. The third-order valence-electron chi connectivity index (χ3n) is 3.94. The van der Waals surface area contributed by atoms with E-state index in [0.717, 1.165) is 17.7 Å². The Labute approximate surface area is 152 Å². The molecule has 3 rings (SSSR count). The first-order valence-corrected chi connectivity index (χ1v) is 7.92. The predicted octanol–water partition coefficient (Wildman–Crippen LogP) is 3.84. The van der Waals surface area contributed by atoms with E-state index in [1.165, 1.54) is 0 Å². The van der Waals surface area contributed by atoms with Crippen molar-refractivity contribution in [3.8, 4) is 6.07 Å². The average molecular weight is 370 g/mol. The summed E-state index contributed by atoms with van der Waals surface area (Å²) in [7, 11) is 0. The third-order valence-corrected chi connectivity index (χ3v) is 3.94. The molecular weight excluding hydrogens is 357 g/mol. The second-order valence-electron chi connectivity index (χ2n) is 5.80. The molecule has 1 aromatic carbocycles. The summed E-state index contributed by atoms with van der Waals surface area (Å²) >= 11 is 0. The van der Waals surface area contributed by atoms with Gasteiger partial charge in [-0.05, 0) is 23.8 Å². The van der Waals surface area contributed by atoms with Gasteiger partial charge in [-0.1, -0.05) is 24.3 Å². The Balaban J connectivity index is 1.77. The van der Waals surface area contributed by atoms with E-state index >= 15 is 0 Å². The molecule has 0 bridgehead atoms. The Kier molecular flexibility index (Phi) is 5.03. The molecule has 0 aliphatic heterocycles. The van der Waals surface area contributed by atoms with Crippen LogP contribution in [0.25, 0.3) is 0 Å². The number of carbonyl (C=O) groups is 1. The minimum atomic E-state index is -4.53. The van der Waals surface area contributed by atoms with Gasteiger partial charge in [0.05, 0.1) is 23.9 Å². The Morgan fingerprint density at radius 1 is 1.19 bits per heavy atom. The molecular formula is C19H13F3N4O. The van der Waals surface area contributed by atoms with Crippen molar-refractivity contribution in [3.05, 3.63) is 83.4 Å². The van der Waals surface area contributed by atoms with Crippen LogP contribution in [0, 0.1) is 11.3 Å². The van der Waals surface area contributed by atoms with Crippen molar-refractivity contribution in [2.75, 3.05) is 0 Å². The van der Waals surface area contributed by atoms with Gasteiger partial charge >= 0.3 is 6.18 Å². The van der Waals surface area contributed by atoms with E-state index in [4.69, 9.17) is 0 Å². The molecule has 0 aliphatic rings. The molecule has 0 amide bonds. The van der Waals surface area contributed by atoms with Crippen LogP contribution in [0.4, 0.5) is 13.2 Å². The highest BCUT2D eigenvalue weighted by Gasteiger charge is 2.31. The number of nitrogens with zero attached hydrogens (tertiary/aromatic N) is 4. The van der Waals surface area contributed by atoms with Crippen LogP contribution < -0.4 is 0 Å². The fraction of sp³-hybridized carbons (Fsp3) is 0.158. The molecule has 0 saturated carbocycles. The molecule has 0 spiro atoms. The lowest BCUT2D eigenvalue weighted by atomic mass is 9.94. The van der Waals surface area contributed by atoms with Crippen LogP contribution >= 0.6 is 0 Å². The number of pyridine rings is 1. The zero-order valence-corrected chi connectivity index (χ0v) is 13.9. The molecule has 27 heavy (non-hydrogen) atoms. The maximum atomic E-state index is 12.6. The Bertz CT molecular complexity index is 956. The second-order valence-corrected chi connectivity index (χ2v) is 5.80. The fourth-order valence-corrected chi connectivity index (χ4v) is 2.52. The summed E-state index contributed by atoms with van der Waals surface area (Å²) in [5, 5.41) is 13.4. The number of hydrogen-bond donors (Lipinski definition) is 0. The van der Waals surface area contributed by atoms with Crippen LogP contribution in [0.1, 0.15) is 33.1 Å². The molecule has 0 radical (unpaired) electrons. The molecule has 1 unspecified atom stereocenters. The predicted molar refractivity (Wildman–Crippen MR) is 89.7 cm³/mol. The van der Waals surface area contributed by atoms with Gasteiger partial charge in [-0.15, -0.1) is 0 Å². The van der Waals surface area contributed by atoms with Gasteiger partial charge in [0.15, 0.2) is 11.7 Å². The fourth-order valence-electron chi connectivity index (χ4n) is 2.52. The van der Waals surface area contributed by atoms with E-state index in [2.05, 4.69) is 10.1 Å². The van der Waals surface area contributed by atoms with Gasteiger partial charge in [0.1, 0.15) is 0 Å². The molecule has 0 aliphatic carbocycles. The molecule has 2 heterocycles. The number of carbonyl (C=O) groups excluding carboxylic acids is 1. The number of rotatable bonds is 5. The first-order chi connectivity index (χ1) is 12.9. The molecule has 136 valence electrons. The molecule has 0 N–H and O–H groups in total. The highest BCUT2D eigenvalue weighted by Crippen LogP contribution is 2.29. The number of nitriles is 1. The van der Waals surface area contributed by atoms with Gasteiger partial charge in [0, 0.05) is 24.2 Å². The maximum absolute atomic E-state index is 12.6. The van der Waals surface area contributed by atoms with Crippen LogP contribution in [0.3, 0.4) is 0 Å². The van der Waals surface area contributed by atoms with Crippen molar-refractivity contribution in [3.63, 3.8) is 0 Å². The Morgan fingerprint density at radius 2 is 1.93 bits per heavy atom. The van der Waals surface area contributed by atoms with E-state index in [1.54, 1.807) is 47.4 Å². The standard InChI is InChI=1S/C19H13F3N4O/c20-19(21,22)15-6-7-17(24-11-15)16(10-23)18(27)14-4-2-13(3-5-14)12-26-9-1-8-25-26/h1-9,11,16H,12H2. The lowest BCUT2D eigenvalue weighted by Crippen LogP contribution is -2.14. The van der Waals surface area contributed by atoms with Gasteiger partial charge < -0.3 is 0 Å². The monoisotopic (exact) mass is 370 g/mol. The van der Waals surface area contributed by atoms with E-state index in [0.29, 0.717) is 12.7 Å². The molecule has 0 fully saturated rings. The van der Waals surface area contributed by atoms with Crippen LogP contribution in [-0.2, 0) is 12.7 Å². The number of alkyl halides is 3. The quantitative estimate of drug-likeness (QED) is 0.640. The summed E-state index contributed by atoms with van der Waals surface area (Å²) in [4.78, 5) is 16.2. The first-order valence-electron chi connectivity index (χ1n) is 7.92. The zero-order chi connectivity index (χ0) is 19.4. The number of ketones is 1. The summed E-state index contributed by atoms with van der Waals surface area (Å²) in [6.45, 7) is 0.531. The van der Waals surface area contributed by atoms with Gasteiger partial charge in [-0.25, -0.2) is 0 Å². The largest absolute Gasteiger partial charge is 0.417 e. The topological polar surface area (TPSA) is 71.6 Å². The number of benzene rings is 1. The molecule has 8 heteroatoms. The molecule has 5 nitrogen and oxygen atoms in total. The SMILES string of the molecule is N#CC(C(=O)c1ccc(Cn2cccn2)cc1)c1ccc(C(F)(F)F)cn1. The van der Waals surface area contributed by atoms with Crippen molar-refractivity contribution in [1.82, 2.24) is 14.8 Å². The lowest BCUT2D eigenvalue weighted by molar-refractivity contribution is -0.137. The van der Waals surface area contributed by atoms with Crippen molar-refractivity contribution in [2.24, 2.45) is 0 Å². The summed E-state index contributed by atoms with van der Waals surface area (Å²) in [5.41, 5.74) is 0.248. The minimum Gasteiger partial charge on any atom is -0.292 e. The van der Waals surface area contributed by atoms with Crippen molar-refractivity contribution in [1.29, 1.82) is 5.26 Å². The minimum absolute atomic E-state index is 0.0175. The summed E-state index contributed by atoms with van der Waals surface area (Å²) in [6, 6.07) is 12.1. The summed E-state index contributed by atoms with van der Waals surface area (Å²) < 4.78 is 39.6. The second kappa shape index (κ2) is 7.41. The van der Waals surface area contributed by atoms with Crippen molar-refractivity contribution >= 4 is 5.78 Å². The van der Waals surface area contributed by atoms with Crippen molar-refractivity contribution in [2.45, 2.75) is 18.6 Å². The van der Waals surface area contributed by atoms with Gasteiger partial charge in [-0.3, -0.25) is 14.5 Å². The average Bonchev–Trinajstić information content (AvgIpc) is 3.15. The summed E-state index contributed by atoms with van der Waals surface area (Å²) in [6.07, 6.45) is -0.435. The number of hydrogen-bond acceptors (Lipinski definition) is 4. The Morgan fingerprint density at radius 3 is 2.44 bits per heavy atom. The molecule has 3 aromatic rings. The third kappa shape index (κ3) is 4.20. The number of halogens is 3. The van der Waals surface area contributed by atoms with E-state index in [-0.39, 0.29) is 11.3 Å². The molecule has 1 atom stereocenters. The maximum Gasteiger partial charge on any atom is 0.417 e. The number of aromatic nitrogens is 3.